The molecule has 3 nitrogen and oxygen atoms in total. The number of nitrogens with two attached hydrogens (primary N) is 1. The van der Waals surface area contributed by atoms with Crippen LogP contribution < -0.4 is 5.73 Å². The van der Waals surface area contributed by atoms with Crippen LogP contribution in [0.1, 0.15) is 32.6 Å². The fourth-order valence-corrected chi connectivity index (χ4v) is 2.14. The first-order valence-corrected chi connectivity index (χ1v) is 5.86. The Bertz CT molecular complexity index is 152. The normalized spacial score (nSPS) is 26.4. The Morgan fingerprint density at radius 2 is 2.36 bits per heavy atom. The van der Waals surface area contributed by atoms with Crippen molar-refractivity contribution in [1.82, 2.24) is 4.90 Å². The Kier molecular flexibility index (Phi) is 5.45. The van der Waals surface area contributed by atoms with Gasteiger partial charge in [-0.2, -0.15) is 0 Å². The van der Waals surface area contributed by atoms with Gasteiger partial charge in [-0.1, -0.05) is 13.3 Å². The van der Waals surface area contributed by atoms with Crippen LogP contribution >= 0.6 is 0 Å². The van der Waals surface area contributed by atoms with Crippen LogP contribution in [0.15, 0.2) is 0 Å². The van der Waals surface area contributed by atoms with Gasteiger partial charge in [0.1, 0.15) is 0 Å². The summed E-state index contributed by atoms with van der Waals surface area (Å²) in [5.41, 5.74) is 5.37. The molecule has 1 rings (SSSR count). The Hall–Kier alpha value is -0.120. The molecule has 1 saturated heterocycles. The SMILES string of the molecule is CCC1CCCN(CCC(O)CN)C1. The zero-order chi connectivity index (χ0) is 10.4. The molecule has 0 amide bonds. The van der Waals surface area contributed by atoms with Crippen LogP contribution in [-0.4, -0.2) is 42.3 Å². The fraction of sp³-hybridized carbons (Fsp3) is 1.00. The van der Waals surface area contributed by atoms with Gasteiger partial charge in [0.25, 0.3) is 0 Å². The monoisotopic (exact) mass is 200 g/mol. The zero-order valence-corrected chi connectivity index (χ0v) is 9.28. The molecule has 0 aromatic rings. The van der Waals surface area contributed by atoms with Crippen LogP contribution in [0.3, 0.4) is 0 Å². The van der Waals surface area contributed by atoms with Gasteiger partial charge in [-0.05, 0) is 31.7 Å². The standard InChI is InChI=1S/C11H24N2O/c1-2-10-4-3-6-13(9-10)7-5-11(14)8-12/h10-11,14H,2-9,12H2,1H3. The quantitative estimate of drug-likeness (QED) is 0.691. The number of aliphatic hydroxyl groups excluding tert-OH is 1. The van der Waals surface area contributed by atoms with E-state index in [1.165, 1.54) is 32.4 Å². The van der Waals surface area contributed by atoms with Crippen molar-refractivity contribution < 1.29 is 5.11 Å². The first-order valence-electron chi connectivity index (χ1n) is 5.86. The number of hydrogen-bond donors (Lipinski definition) is 2. The Morgan fingerprint density at radius 1 is 1.57 bits per heavy atom. The topological polar surface area (TPSA) is 49.5 Å². The van der Waals surface area contributed by atoms with Gasteiger partial charge < -0.3 is 15.7 Å². The van der Waals surface area contributed by atoms with Crippen LogP contribution in [0, 0.1) is 5.92 Å². The van der Waals surface area contributed by atoms with E-state index < -0.39 is 0 Å². The third kappa shape index (κ3) is 3.95. The van der Waals surface area contributed by atoms with Crippen molar-refractivity contribution in [2.45, 2.75) is 38.7 Å². The summed E-state index contributed by atoms with van der Waals surface area (Å²) in [7, 11) is 0. The summed E-state index contributed by atoms with van der Waals surface area (Å²) in [5, 5.41) is 9.36. The van der Waals surface area contributed by atoms with E-state index in [0.717, 1.165) is 18.9 Å². The minimum atomic E-state index is -0.308. The van der Waals surface area contributed by atoms with Crippen LogP contribution in [-0.2, 0) is 0 Å². The van der Waals surface area contributed by atoms with Gasteiger partial charge in [-0.3, -0.25) is 0 Å². The molecule has 1 aliphatic heterocycles. The van der Waals surface area contributed by atoms with Gasteiger partial charge in [-0.15, -0.1) is 0 Å². The third-order valence-electron chi connectivity index (χ3n) is 3.23. The van der Waals surface area contributed by atoms with Crippen molar-refractivity contribution in [2.24, 2.45) is 11.7 Å². The highest BCUT2D eigenvalue weighted by atomic mass is 16.3. The van der Waals surface area contributed by atoms with E-state index >= 15 is 0 Å². The Morgan fingerprint density at radius 3 is 3.00 bits per heavy atom. The van der Waals surface area contributed by atoms with Gasteiger partial charge in [-0.25, -0.2) is 0 Å². The maximum absolute atomic E-state index is 9.36. The minimum absolute atomic E-state index is 0.308. The predicted octanol–water partition coefficient (Wildman–Crippen LogP) is 0.818. The number of piperidine rings is 1. The van der Waals surface area contributed by atoms with E-state index in [2.05, 4.69) is 11.8 Å². The molecule has 0 aromatic carbocycles. The van der Waals surface area contributed by atoms with E-state index in [-0.39, 0.29) is 6.10 Å². The summed E-state index contributed by atoms with van der Waals surface area (Å²) in [4.78, 5) is 2.47. The summed E-state index contributed by atoms with van der Waals surface area (Å²) in [6.45, 7) is 6.09. The van der Waals surface area contributed by atoms with E-state index in [0.29, 0.717) is 6.54 Å². The van der Waals surface area contributed by atoms with Gasteiger partial charge in [0.15, 0.2) is 0 Å². The Balaban J connectivity index is 2.17. The first kappa shape index (κ1) is 12.0. The lowest BCUT2D eigenvalue weighted by molar-refractivity contribution is 0.121. The van der Waals surface area contributed by atoms with Gasteiger partial charge in [0, 0.05) is 19.6 Å². The molecule has 0 aliphatic carbocycles. The largest absolute Gasteiger partial charge is 0.392 e. The second-order valence-electron chi connectivity index (χ2n) is 4.40. The van der Waals surface area contributed by atoms with Crippen LogP contribution in [0.25, 0.3) is 0 Å². The third-order valence-corrected chi connectivity index (χ3v) is 3.23. The molecule has 3 heteroatoms. The summed E-state index contributed by atoms with van der Waals surface area (Å²) < 4.78 is 0. The summed E-state index contributed by atoms with van der Waals surface area (Å²) in [6, 6.07) is 0. The number of likely N-dealkylation sites (tertiary alicyclic amines) is 1. The van der Waals surface area contributed by atoms with Crippen molar-refractivity contribution in [2.75, 3.05) is 26.2 Å². The molecule has 84 valence electrons. The molecule has 2 unspecified atom stereocenters. The van der Waals surface area contributed by atoms with E-state index in [1.54, 1.807) is 0 Å². The highest BCUT2D eigenvalue weighted by molar-refractivity contribution is 4.72. The highest BCUT2D eigenvalue weighted by Crippen LogP contribution is 2.19. The molecule has 1 fully saturated rings. The predicted molar refractivity (Wildman–Crippen MR) is 59.1 cm³/mol. The second kappa shape index (κ2) is 6.38. The lowest BCUT2D eigenvalue weighted by Gasteiger charge is -2.32. The van der Waals surface area contributed by atoms with Gasteiger partial charge in [0.2, 0.25) is 0 Å². The molecule has 0 saturated carbocycles. The molecule has 0 aromatic heterocycles. The molecule has 14 heavy (non-hydrogen) atoms. The maximum atomic E-state index is 9.36. The van der Waals surface area contributed by atoms with E-state index in [1.807, 2.05) is 0 Å². The highest BCUT2D eigenvalue weighted by Gasteiger charge is 2.18. The van der Waals surface area contributed by atoms with Crippen LogP contribution in [0.2, 0.25) is 0 Å². The molecule has 3 N–H and O–H groups in total. The maximum Gasteiger partial charge on any atom is 0.0674 e. The van der Waals surface area contributed by atoms with Crippen molar-refractivity contribution in [1.29, 1.82) is 0 Å². The smallest absolute Gasteiger partial charge is 0.0674 e. The number of aliphatic hydroxyl groups is 1. The fourth-order valence-electron chi connectivity index (χ4n) is 2.14. The number of nitrogens with zero attached hydrogens (tertiary/aromatic N) is 1. The van der Waals surface area contributed by atoms with Crippen molar-refractivity contribution in [3.8, 4) is 0 Å². The molecule has 0 bridgehead atoms. The lowest BCUT2D eigenvalue weighted by Crippen LogP contribution is -2.37. The summed E-state index contributed by atoms with van der Waals surface area (Å²) in [5.74, 6) is 0.874. The second-order valence-corrected chi connectivity index (χ2v) is 4.40. The average molecular weight is 200 g/mol. The van der Waals surface area contributed by atoms with Crippen molar-refractivity contribution in [3.63, 3.8) is 0 Å². The van der Waals surface area contributed by atoms with Crippen LogP contribution in [0.5, 0.6) is 0 Å². The van der Waals surface area contributed by atoms with Crippen molar-refractivity contribution in [3.05, 3.63) is 0 Å². The molecular formula is C11H24N2O. The van der Waals surface area contributed by atoms with E-state index in [4.69, 9.17) is 5.73 Å². The summed E-state index contributed by atoms with van der Waals surface area (Å²) in [6.07, 6.45) is 4.50. The molecule has 0 radical (unpaired) electrons. The minimum Gasteiger partial charge on any atom is -0.392 e. The molecular weight excluding hydrogens is 176 g/mol. The number of hydrogen-bond acceptors (Lipinski definition) is 3. The van der Waals surface area contributed by atoms with Gasteiger partial charge >= 0.3 is 0 Å². The van der Waals surface area contributed by atoms with Crippen LogP contribution in [0.4, 0.5) is 0 Å². The first-order chi connectivity index (χ1) is 6.76. The molecule has 2 atom stereocenters. The number of rotatable bonds is 5. The van der Waals surface area contributed by atoms with Crippen molar-refractivity contribution >= 4 is 0 Å². The summed E-state index contributed by atoms with van der Waals surface area (Å²) >= 11 is 0. The zero-order valence-electron chi connectivity index (χ0n) is 9.28. The lowest BCUT2D eigenvalue weighted by atomic mass is 9.95. The average Bonchev–Trinajstić information content (AvgIpc) is 2.26. The van der Waals surface area contributed by atoms with E-state index in [9.17, 15) is 5.11 Å². The molecule has 1 aliphatic rings. The molecule has 1 heterocycles. The Labute approximate surface area is 87.3 Å². The van der Waals surface area contributed by atoms with Gasteiger partial charge in [0.05, 0.1) is 6.10 Å². The molecule has 0 spiro atoms.